The molecule has 1 aromatic rings. The molecule has 3 fully saturated rings. The van der Waals surface area contributed by atoms with Crippen LogP contribution in [0.5, 0.6) is 0 Å². The van der Waals surface area contributed by atoms with Crippen LogP contribution >= 0.6 is 0 Å². The molecule has 1 unspecified atom stereocenters. The first-order valence-electron chi connectivity index (χ1n) is 14.3. The van der Waals surface area contributed by atoms with E-state index in [9.17, 15) is 34.8 Å². The number of ketones is 1. The van der Waals surface area contributed by atoms with Gasteiger partial charge in [-0.1, -0.05) is 44.2 Å². The predicted molar refractivity (Wildman–Crippen MR) is 146 cm³/mol. The van der Waals surface area contributed by atoms with Crippen LogP contribution in [0.2, 0.25) is 0 Å². The Morgan fingerprint density at radius 2 is 1.76 bits per heavy atom. The summed E-state index contributed by atoms with van der Waals surface area (Å²) in [6, 6.07) is 9.10. The SMILES string of the molecule is CC(=O)O[C@@H]1C(=O)[C@]2(CO)C([C@H](OCc3ccccc3)[C@]3(O)C[C@H](O)C(C)=C1C3(C)C)[C@]1(OC(C)=O)CO[C@H]1C[C@@H]2O. The first-order valence-corrected chi connectivity index (χ1v) is 14.3. The van der Waals surface area contributed by atoms with E-state index in [0.29, 0.717) is 5.57 Å². The van der Waals surface area contributed by atoms with Crippen molar-refractivity contribution in [2.75, 3.05) is 13.2 Å². The predicted octanol–water partition coefficient (Wildman–Crippen LogP) is 0.985. The number of carbonyl (C=O) groups is 3. The van der Waals surface area contributed by atoms with E-state index in [1.165, 1.54) is 6.92 Å². The van der Waals surface area contributed by atoms with Crippen LogP contribution in [0.25, 0.3) is 0 Å². The summed E-state index contributed by atoms with van der Waals surface area (Å²) in [7, 11) is 0. The third-order valence-electron chi connectivity index (χ3n) is 10.2. The largest absolute Gasteiger partial charge is 0.454 e. The fourth-order valence-corrected chi connectivity index (χ4v) is 8.07. The van der Waals surface area contributed by atoms with Crippen molar-refractivity contribution >= 4 is 17.7 Å². The molecule has 4 N–H and O–H groups in total. The Kier molecular flexibility index (Phi) is 7.69. The zero-order valence-corrected chi connectivity index (χ0v) is 24.5. The van der Waals surface area contributed by atoms with Gasteiger partial charge in [0.2, 0.25) is 0 Å². The van der Waals surface area contributed by atoms with Crippen molar-refractivity contribution in [3.63, 3.8) is 0 Å². The topological polar surface area (TPSA) is 169 Å². The normalized spacial score (nSPS) is 40.5. The van der Waals surface area contributed by atoms with Gasteiger partial charge < -0.3 is 39.4 Å². The van der Waals surface area contributed by atoms with Crippen LogP contribution < -0.4 is 0 Å². The fourth-order valence-electron chi connectivity index (χ4n) is 8.07. The summed E-state index contributed by atoms with van der Waals surface area (Å²) in [6.45, 7) is 6.13. The van der Waals surface area contributed by atoms with Crippen molar-refractivity contribution in [3.05, 3.63) is 47.0 Å². The van der Waals surface area contributed by atoms with Crippen molar-refractivity contribution < 1.29 is 53.8 Å². The Morgan fingerprint density at radius 1 is 1.10 bits per heavy atom. The number of rotatable bonds is 6. The summed E-state index contributed by atoms with van der Waals surface area (Å²) in [6.07, 6.45) is -7.14. The van der Waals surface area contributed by atoms with Crippen molar-refractivity contribution in [1.29, 1.82) is 0 Å². The van der Waals surface area contributed by atoms with Crippen LogP contribution in [0.4, 0.5) is 0 Å². The lowest BCUT2D eigenvalue weighted by Gasteiger charge is -2.68. The third kappa shape index (κ3) is 4.20. The van der Waals surface area contributed by atoms with Crippen LogP contribution in [0, 0.1) is 16.7 Å². The number of aliphatic hydroxyl groups is 4. The average molecular weight is 589 g/mol. The fraction of sp³-hybridized carbons (Fsp3) is 0.645. The third-order valence-corrected chi connectivity index (χ3v) is 10.2. The highest BCUT2D eigenvalue weighted by Gasteiger charge is 2.78. The van der Waals surface area contributed by atoms with E-state index in [4.69, 9.17) is 18.9 Å². The molecule has 5 rings (SSSR count). The Morgan fingerprint density at radius 3 is 2.31 bits per heavy atom. The summed E-state index contributed by atoms with van der Waals surface area (Å²) < 4.78 is 23.9. The maximum Gasteiger partial charge on any atom is 0.303 e. The molecule has 0 spiro atoms. The van der Waals surface area contributed by atoms with E-state index in [1.54, 1.807) is 20.8 Å². The lowest BCUT2D eigenvalue weighted by atomic mass is 9.44. The van der Waals surface area contributed by atoms with Crippen molar-refractivity contribution in [2.24, 2.45) is 16.7 Å². The molecule has 230 valence electrons. The number of ether oxygens (including phenoxy) is 4. The molecule has 3 aliphatic carbocycles. The monoisotopic (exact) mass is 588 g/mol. The summed E-state index contributed by atoms with van der Waals surface area (Å²) >= 11 is 0. The van der Waals surface area contributed by atoms with Gasteiger partial charge in [-0.2, -0.15) is 0 Å². The van der Waals surface area contributed by atoms with Gasteiger partial charge >= 0.3 is 11.9 Å². The second-order valence-corrected chi connectivity index (χ2v) is 12.7. The van der Waals surface area contributed by atoms with Crippen LogP contribution in [-0.4, -0.2) is 93.1 Å². The van der Waals surface area contributed by atoms with E-state index in [2.05, 4.69) is 0 Å². The Labute approximate surface area is 244 Å². The molecule has 0 radical (unpaired) electrons. The molecule has 2 saturated carbocycles. The molecule has 0 aromatic heterocycles. The Hall–Kier alpha value is -2.67. The summed E-state index contributed by atoms with van der Waals surface area (Å²) in [4.78, 5) is 39.9. The van der Waals surface area contributed by atoms with Gasteiger partial charge in [0.25, 0.3) is 0 Å². The number of benzene rings is 1. The maximum absolute atomic E-state index is 14.9. The van der Waals surface area contributed by atoms with Gasteiger partial charge in [-0.25, -0.2) is 0 Å². The molecule has 9 atom stereocenters. The van der Waals surface area contributed by atoms with Gasteiger partial charge in [0.05, 0.1) is 49.5 Å². The zero-order valence-electron chi connectivity index (χ0n) is 24.5. The molecule has 1 aromatic carbocycles. The number of Topliss-reactive ketones (excluding diaryl/α,β-unsaturated/α-hetero) is 1. The van der Waals surface area contributed by atoms with Gasteiger partial charge in [0, 0.05) is 32.1 Å². The van der Waals surface area contributed by atoms with E-state index < -0.39 is 82.8 Å². The molecule has 1 saturated heterocycles. The smallest absolute Gasteiger partial charge is 0.303 e. The van der Waals surface area contributed by atoms with E-state index in [1.807, 2.05) is 30.3 Å². The Balaban J connectivity index is 1.84. The number of hydrogen-bond acceptors (Lipinski definition) is 11. The van der Waals surface area contributed by atoms with Gasteiger partial charge in [-0.15, -0.1) is 0 Å². The summed E-state index contributed by atoms with van der Waals surface area (Å²) in [5.41, 5.74) is -5.79. The lowest BCUT2D eigenvalue weighted by molar-refractivity contribution is -0.356. The first-order chi connectivity index (χ1) is 19.7. The molecule has 4 aliphatic rings. The van der Waals surface area contributed by atoms with Crippen LogP contribution in [-0.2, 0) is 39.9 Å². The highest BCUT2D eigenvalue weighted by Crippen LogP contribution is 2.64. The molecule has 42 heavy (non-hydrogen) atoms. The van der Waals surface area contributed by atoms with Gasteiger partial charge in [-0.05, 0) is 23.6 Å². The Bertz CT molecular complexity index is 1290. The number of fused-ring (bicyclic) bond motifs is 5. The van der Waals surface area contributed by atoms with Crippen molar-refractivity contribution in [1.82, 2.24) is 0 Å². The van der Waals surface area contributed by atoms with Gasteiger partial charge in [0.1, 0.15) is 11.7 Å². The minimum absolute atomic E-state index is 0.0463. The number of hydrogen-bond donors (Lipinski definition) is 4. The van der Waals surface area contributed by atoms with E-state index >= 15 is 0 Å². The van der Waals surface area contributed by atoms with Crippen LogP contribution in [0.15, 0.2) is 41.5 Å². The van der Waals surface area contributed by atoms with Gasteiger partial charge in [0.15, 0.2) is 17.5 Å². The average Bonchev–Trinajstić information content (AvgIpc) is 2.91. The highest BCUT2D eigenvalue weighted by molar-refractivity contribution is 5.95. The molecule has 1 aliphatic heterocycles. The number of aliphatic hydroxyl groups excluding tert-OH is 3. The molecule has 1 heterocycles. The molecule has 2 bridgehead atoms. The first kappa shape index (κ1) is 30.8. The molecule has 0 amide bonds. The van der Waals surface area contributed by atoms with Gasteiger partial charge in [-0.3, -0.25) is 14.4 Å². The minimum Gasteiger partial charge on any atom is -0.454 e. The second kappa shape index (κ2) is 10.5. The van der Waals surface area contributed by atoms with E-state index in [0.717, 1.165) is 12.5 Å². The standard InChI is InChI=1S/C31H40O11/c1-16-20(35)12-31(38)27(39-13-19-9-7-6-8-10-19)25-29(14-32,21(36)11-22-30(25,15-40-22)42-18(3)34)26(37)24(41-17(2)33)23(16)28(31,4)5/h6-10,20-22,24-25,27,32,35-36,38H,11-15H2,1-5H3/t20-,21-,22-,24-,25?,27-,29-,30-,31+/m0/s1. The number of carbonyl (C=O) groups excluding carboxylic acids is 3. The van der Waals surface area contributed by atoms with Crippen molar-refractivity contribution in [3.8, 4) is 0 Å². The zero-order chi connectivity index (χ0) is 30.8. The quantitative estimate of drug-likeness (QED) is 0.276. The van der Waals surface area contributed by atoms with Crippen molar-refractivity contribution in [2.45, 2.75) is 95.8 Å². The van der Waals surface area contributed by atoms with Crippen LogP contribution in [0.1, 0.15) is 53.0 Å². The minimum atomic E-state index is -2.12. The maximum atomic E-state index is 14.9. The highest BCUT2D eigenvalue weighted by atomic mass is 16.6. The summed E-state index contributed by atoms with van der Waals surface area (Å²) in [5.74, 6) is -3.70. The van der Waals surface area contributed by atoms with E-state index in [-0.39, 0.29) is 31.6 Å². The molecule has 11 nitrogen and oxygen atoms in total. The molecule has 11 heteroatoms. The number of esters is 2. The lowest BCUT2D eigenvalue weighted by Crippen LogP contribution is -2.82. The summed E-state index contributed by atoms with van der Waals surface area (Å²) in [5, 5.41) is 47.1. The van der Waals surface area contributed by atoms with Crippen LogP contribution in [0.3, 0.4) is 0 Å². The second-order valence-electron chi connectivity index (χ2n) is 12.7. The molecular formula is C31H40O11. The molecular weight excluding hydrogens is 548 g/mol.